The molecule has 1 aliphatic heterocycles. The molecule has 1 rings (SSSR count). The molecule has 1 unspecified atom stereocenters. The Labute approximate surface area is 92.1 Å². The van der Waals surface area contributed by atoms with E-state index in [1.165, 1.54) is 45.2 Å². The predicted molar refractivity (Wildman–Crippen MR) is 67.8 cm³/mol. The van der Waals surface area contributed by atoms with Crippen molar-refractivity contribution in [2.75, 3.05) is 13.1 Å². The van der Waals surface area contributed by atoms with Gasteiger partial charge in [-0.2, -0.15) is 0 Å². The van der Waals surface area contributed by atoms with Gasteiger partial charge in [0.2, 0.25) is 0 Å². The quantitative estimate of drug-likeness (QED) is 0.588. The number of rotatable bonds is 7. The SMILES string of the molecule is CCCN(CCC)C1(CCC)CC[SiH2]1. The highest BCUT2D eigenvalue weighted by Crippen LogP contribution is 2.35. The molecule has 0 spiro atoms. The van der Waals surface area contributed by atoms with Crippen molar-refractivity contribution in [3.8, 4) is 0 Å². The van der Waals surface area contributed by atoms with Gasteiger partial charge in [0, 0.05) is 14.7 Å². The van der Waals surface area contributed by atoms with Gasteiger partial charge in [0.1, 0.15) is 0 Å². The zero-order valence-corrected chi connectivity index (χ0v) is 11.7. The van der Waals surface area contributed by atoms with E-state index in [1.807, 2.05) is 0 Å². The molecule has 0 aromatic rings. The van der Waals surface area contributed by atoms with Gasteiger partial charge in [-0.25, -0.2) is 0 Å². The molecule has 0 aromatic heterocycles. The monoisotopic (exact) mass is 213 g/mol. The fourth-order valence-electron chi connectivity index (χ4n) is 2.90. The molecule has 0 saturated carbocycles. The van der Waals surface area contributed by atoms with Crippen molar-refractivity contribution < 1.29 is 0 Å². The fourth-order valence-corrected chi connectivity index (χ4v) is 5.31. The van der Waals surface area contributed by atoms with Crippen LogP contribution in [-0.4, -0.2) is 32.7 Å². The van der Waals surface area contributed by atoms with Crippen LogP contribution in [0.15, 0.2) is 0 Å². The molecule has 0 aromatic carbocycles. The van der Waals surface area contributed by atoms with Gasteiger partial charge in [-0.3, -0.25) is 0 Å². The molecule has 1 fully saturated rings. The molecular formula is C12H27NSi. The van der Waals surface area contributed by atoms with E-state index in [0.29, 0.717) is 0 Å². The first-order chi connectivity index (χ1) is 6.79. The second kappa shape index (κ2) is 5.91. The van der Waals surface area contributed by atoms with E-state index in [9.17, 15) is 0 Å². The maximum Gasteiger partial charge on any atom is 0.0447 e. The summed E-state index contributed by atoms with van der Waals surface area (Å²) in [5.74, 6) is 0. The van der Waals surface area contributed by atoms with E-state index in [1.54, 1.807) is 6.04 Å². The molecule has 1 nitrogen and oxygen atoms in total. The Morgan fingerprint density at radius 3 is 1.93 bits per heavy atom. The van der Waals surface area contributed by atoms with Crippen LogP contribution in [0.4, 0.5) is 0 Å². The minimum Gasteiger partial charge on any atom is -0.301 e. The zero-order chi connectivity index (χ0) is 10.4. The third-order valence-electron chi connectivity index (χ3n) is 3.66. The highest BCUT2D eigenvalue weighted by molar-refractivity contribution is 6.44. The van der Waals surface area contributed by atoms with E-state index in [2.05, 4.69) is 25.7 Å². The summed E-state index contributed by atoms with van der Waals surface area (Å²) in [5.41, 5.74) is 0. The van der Waals surface area contributed by atoms with Crippen LogP contribution in [0.2, 0.25) is 6.04 Å². The molecule has 84 valence electrons. The van der Waals surface area contributed by atoms with Crippen LogP contribution in [0.3, 0.4) is 0 Å². The molecule has 0 N–H and O–H groups in total. The smallest absolute Gasteiger partial charge is 0.0447 e. The van der Waals surface area contributed by atoms with Crippen molar-refractivity contribution in [2.24, 2.45) is 0 Å². The minimum atomic E-state index is 0.239. The van der Waals surface area contributed by atoms with Gasteiger partial charge in [-0.1, -0.05) is 33.2 Å². The van der Waals surface area contributed by atoms with Gasteiger partial charge in [0.25, 0.3) is 0 Å². The van der Waals surface area contributed by atoms with Crippen LogP contribution in [-0.2, 0) is 0 Å². The third-order valence-corrected chi connectivity index (χ3v) is 6.45. The van der Waals surface area contributed by atoms with Crippen LogP contribution in [0, 0.1) is 0 Å². The number of nitrogens with zero attached hydrogens (tertiary/aromatic N) is 1. The molecule has 0 bridgehead atoms. The molecule has 1 atom stereocenters. The van der Waals surface area contributed by atoms with Crippen molar-refractivity contribution >= 4 is 9.52 Å². The van der Waals surface area contributed by atoms with E-state index in [0.717, 1.165) is 5.16 Å². The lowest BCUT2D eigenvalue weighted by molar-refractivity contribution is 0.124. The van der Waals surface area contributed by atoms with Crippen molar-refractivity contribution in [1.82, 2.24) is 4.90 Å². The van der Waals surface area contributed by atoms with Crippen molar-refractivity contribution in [3.05, 3.63) is 0 Å². The number of hydrogen-bond donors (Lipinski definition) is 0. The molecule has 0 aliphatic carbocycles. The Balaban J connectivity index is 2.52. The van der Waals surface area contributed by atoms with Gasteiger partial charge < -0.3 is 4.90 Å². The van der Waals surface area contributed by atoms with Crippen LogP contribution in [0.5, 0.6) is 0 Å². The van der Waals surface area contributed by atoms with E-state index in [-0.39, 0.29) is 9.52 Å². The topological polar surface area (TPSA) is 3.24 Å². The fraction of sp³-hybridized carbons (Fsp3) is 1.00. The molecule has 0 radical (unpaired) electrons. The Bertz CT molecular complexity index is 148. The maximum absolute atomic E-state index is 2.84. The lowest BCUT2D eigenvalue weighted by Crippen LogP contribution is -2.59. The van der Waals surface area contributed by atoms with Crippen LogP contribution < -0.4 is 0 Å². The molecule has 2 heteroatoms. The van der Waals surface area contributed by atoms with Gasteiger partial charge in [0.05, 0.1) is 0 Å². The average molecular weight is 213 g/mol. The molecule has 1 aliphatic rings. The second-order valence-corrected chi connectivity index (χ2v) is 7.34. The summed E-state index contributed by atoms with van der Waals surface area (Å²) in [7, 11) is 0.239. The summed E-state index contributed by atoms with van der Waals surface area (Å²) in [6.45, 7) is 9.69. The summed E-state index contributed by atoms with van der Waals surface area (Å²) >= 11 is 0. The minimum absolute atomic E-state index is 0.239. The summed E-state index contributed by atoms with van der Waals surface area (Å²) in [6.07, 6.45) is 7.06. The standard InChI is InChI=1S/C12H27NSi/c1-4-7-12(8-11-14-12)13(9-5-2)10-6-3/h4-11,14H2,1-3H3. The summed E-state index contributed by atoms with van der Waals surface area (Å²) in [5, 5.41) is 0.765. The molecule has 1 heterocycles. The zero-order valence-electron chi connectivity index (χ0n) is 10.3. The van der Waals surface area contributed by atoms with Crippen molar-refractivity contribution in [2.45, 2.75) is 64.1 Å². The summed E-state index contributed by atoms with van der Waals surface area (Å²) in [4.78, 5) is 2.84. The molecule has 0 amide bonds. The first kappa shape index (κ1) is 12.2. The normalized spacial score (nSPS) is 28.3. The third kappa shape index (κ3) is 2.60. The van der Waals surface area contributed by atoms with Gasteiger partial charge in [-0.15, -0.1) is 0 Å². The Kier molecular flexibility index (Phi) is 5.17. The van der Waals surface area contributed by atoms with E-state index in [4.69, 9.17) is 0 Å². The van der Waals surface area contributed by atoms with Crippen LogP contribution in [0.25, 0.3) is 0 Å². The van der Waals surface area contributed by atoms with Crippen molar-refractivity contribution in [3.63, 3.8) is 0 Å². The lowest BCUT2D eigenvalue weighted by Gasteiger charge is -2.50. The van der Waals surface area contributed by atoms with E-state index >= 15 is 0 Å². The Hall–Kier alpha value is 0.177. The van der Waals surface area contributed by atoms with Gasteiger partial charge >= 0.3 is 0 Å². The predicted octanol–water partition coefficient (Wildman–Crippen LogP) is 2.60. The molecule has 14 heavy (non-hydrogen) atoms. The second-order valence-electron chi connectivity index (χ2n) is 4.81. The summed E-state index contributed by atoms with van der Waals surface area (Å²) in [6, 6.07) is 1.60. The Morgan fingerprint density at radius 1 is 1.07 bits per heavy atom. The summed E-state index contributed by atoms with van der Waals surface area (Å²) < 4.78 is 0. The molecule has 1 saturated heterocycles. The van der Waals surface area contributed by atoms with Crippen LogP contribution >= 0.6 is 0 Å². The number of hydrogen-bond acceptors (Lipinski definition) is 1. The van der Waals surface area contributed by atoms with Crippen LogP contribution in [0.1, 0.15) is 52.9 Å². The first-order valence-electron chi connectivity index (χ1n) is 6.54. The van der Waals surface area contributed by atoms with E-state index < -0.39 is 0 Å². The highest BCUT2D eigenvalue weighted by Gasteiger charge is 2.40. The average Bonchev–Trinajstić information content (AvgIpc) is 2.11. The van der Waals surface area contributed by atoms with Gasteiger partial charge in [0.15, 0.2) is 0 Å². The highest BCUT2D eigenvalue weighted by atomic mass is 28.2. The Morgan fingerprint density at radius 2 is 1.64 bits per heavy atom. The molecular weight excluding hydrogens is 186 g/mol. The first-order valence-corrected chi connectivity index (χ1v) is 8.25. The largest absolute Gasteiger partial charge is 0.301 e. The van der Waals surface area contributed by atoms with Crippen molar-refractivity contribution in [1.29, 1.82) is 0 Å². The lowest BCUT2D eigenvalue weighted by atomic mass is 10.0. The van der Waals surface area contributed by atoms with Gasteiger partial charge in [-0.05, 0) is 38.8 Å². The maximum atomic E-state index is 2.84.